The van der Waals surface area contributed by atoms with Crippen molar-refractivity contribution in [1.82, 2.24) is 5.32 Å². The molecule has 5 heteroatoms. The van der Waals surface area contributed by atoms with E-state index in [4.69, 9.17) is 10.00 Å². The molecule has 0 spiro atoms. The summed E-state index contributed by atoms with van der Waals surface area (Å²) in [5.74, 6) is -0.914. The molecule has 0 radical (unpaired) electrons. The second-order valence-electron chi connectivity index (χ2n) is 5.22. The van der Waals surface area contributed by atoms with Crippen LogP contribution in [0.4, 0.5) is 4.39 Å². The van der Waals surface area contributed by atoms with Crippen LogP contribution in [-0.2, 0) is 4.79 Å². The van der Waals surface area contributed by atoms with E-state index >= 15 is 0 Å². The lowest BCUT2D eigenvalue weighted by molar-refractivity contribution is -0.128. The van der Waals surface area contributed by atoms with Gasteiger partial charge in [0.05, 0.1) is 0 Å². The molecule has 0 saturated heterocycles. The third-order valence-electron chi connectivity index (χ3n) is 2.26. The number of hydrogen-bond donors (Lipinski definition) is 1. The normalized spacial score (nSPS) is 12.4. The highest BCUT2D eigenvalue weighted by molar-refractivity contribution is 5.81. The Morgan fingerprint density at radius 1 is 1.47 bits per heavy atom. The molecule has 0 aliphatic carbocycles. The predicted molar refractivity (Wildman–Crippen MR) is 69.1 cm³/mol. The van der Waals surface area contributed by atoms with Crippen LogP contribution < -0.4 is 10.1 Å². The Kier molecular flexibility index (Phi) is 4.49. The number of hydrogen-bond acceptors (Lipinski definition) is 3. The van der Waals surface area contributed by atoms with Crippen molar-refractivity contribution in [2.45, 2.75) is 39.3 Å². The van der Waals surface area contributed by atoms with Gasteiger partial charge in [0.15, 0.2) is 6.10 Å². The first-order valence-electron chi connectivity index (χ1n) is 5.92. The molecule has 1 N–H and O–H groups in total. The zero-order chi connectivity index (χ0) is 14.6. The summed E-state index contributed by atoms with van der Waals surface area (Å²) in [4.78, 5) is 11.8. The highest BCUT2D eigenvalue weighted by Crippen LogP contribution is 2.21. The summed E-state index contributed by atoms with van der Waals surface area (Å²) >= 11 is 0. The average molecular weight is 264 g/mol. The molecule has 1 atom stereocenters. The van der Waals surface area contributed by atoms with Gasteiger partial charge in [0, 0.05) is 5.54 Å². The van der Waals surface area contributed by atoms with Crippen molar-refractivity contribution in [3.05, 3.63) is 29.6 Å². The molecule has 0 heterocycles. The van der Waals surface area contributed by atoms with Gasteiger partial charge in [0.25, 0.3) is 5.91 Å². The molecule has 4 nitrogen and oxygen atoms in total. The highest BCUT2D eigenvalue weighted by atomic mass is 19.1. The van der Waals surface area contributed by atoms with Gasteiger partial charge < -0.3 is 10.1 Å². The van der Waals surface area contributed by atoms with Crippen LogP contribution in [0.1, 0.15) is 33.3 Å². The number of nitriles is 1. The number of rotatable bonds is 3. The molecular weight excluding hydrogens is 247 g/mol. The summed E-state index contributed by atoms with van der Waals surface area (Å²) in [6.07, 6.45) is -0.812. The zero-order valence-electron chi connectivity index (χ0n) is 11.5. The molecule has 1 aromatic rings. The van der Waals surface area contributed by atoms with E-state index in [1.165, 1.54) is 18.2 Å². The molecule has 102 valence electrons. The molecule has 0 fully saturated rings. The monoisotopic (exact) mass is 264 g/mol. The molecule has 0 aromatic heterocycles. The smallest absolute Gasteiger partial charge is 0.261 e. The Bertz CT molecular complexity index is 515. The van der Waals surface area contributed by atoms with Crippen LogP contribution in [0.3, 0.4) is 0 Å². The van der Waals surface area contributed by atoms with Gasteiger partial charge in [0.1, 0.15) is 23.2 Å². The molecule has 1 unspecified atom stereocenters. The van der Waals surface area contributed by atoms with E-state index in [1.807, 2.05) is 20.8 Å². The zero-order valence-corrected chi connectivity index (χ0v) is 11.5. The Hall–Kier alpha value is -2.09. The molecule has 1 aromatic carbocycles. The lowest BCUT2D eigenvalue weighted by Crippen LogP contribution is -2.46. The molecule has 0 saturated carbocycles. The maximum absolute atomic E-state index is 13.4. The fourth-order valence-corrected chi connectivity index (χ4v) is 1.43. The Morgan fingerprint density at radius 3 is 2.63 bits per heavy atom. The van der Waals surface area contributed by atoms with Gasteiger partial charge in [0.2, 0.25) is 0 Å². The van der Waals surface area contributed by atoms with E-state index < -0.39 is 11.9 Å². The lowest BCUT2D eigenvalue weighted by atomic mass is 10.1. The Morgan fingerprint density at radius 2 is 2.11 bits per heavy atom. The van der Waals surface area contributed by atoms with Crippen molar-refractivity contribution < 1.29 is 13.9 Å². The standard InChI is InChI=1S/C14H17FN2O2/c1-9(13(18)17-14(2,3)4)19-12-7-5-6-11(15)10(12)8-16/h5-7,9H,1-4H3,(H,17,18). The van der Waals surface area contributed by atoms with E-state index in [0.29, 0.717) is 0 Å². The van der Waals surface area contributed by atoms with E-state index in [2.05, 4.69) is 5.32 Å². The average Bonchev–Trinajstić information content (AvgIpc) is 2.27. The van der Waals surface area contributed by atoms with Crippen LogP contribution in [0.25, 0.3) is 0 Å². The maximum atomic E-state index is 13.4. The topological polar surface area (TPSA) is 62.1 Å². The summed E-state index contributed by atoms with van der Waals surface area (Å²) in [5.41, 5.74) is -0.577. The van der Waals surface area contributed by atoms with Crippen molar-refractivity contribution in [2.75, 3.05) is 0 Å². The molecule has 0 bridgehead atoms. The number of ether oxygens (including phenoxy) is 1. The van der Waals surface area contributed by atoms with Crippen LogP contribution in [-0.4, -0.2) is 17.6 Å². The molecule has 1 amide bonds. The first-order valence-corrected chi connectivity index (χ1v) is 5.92. The summed E-state index contributed by atoms with van der Waals surface area (Å²) in [6.45, 7) is 7.09. The van der Waals surface area contributed by atoms with Gasteiger partial charge in [-0.3, -0.25) is 4.79 Å². The largest absolute Gasteiger partial charge is 0.479 e. The Labute approximate surface area is 112 Å². The van der Waals surface area contributed by atoms with E-state index in [1.54, 1.807) is 13.0 Å². The van der Waals surface area contributed by atoms with E-state index in [9.17, 15) is 9.18 Å². The number of amides is 1. The Balaban J connectivity index is 2.84. The van der Waals surface area contributed by atoms with Crippen molar-refractivity contribution >= 4 is 5.91 Å². The third-order valence-corrected chi connectivity index (χ3v) is 2.26. The number of benzene rings is 1. The van der Waals surface area contributed by atoms with Crippen molar-refractivity contribution in [2.24, 2.45) is 0 Å². The fraction of sp³-hybridized carbons (Fsp3) is 0.429. The van der Waals surface area contributed by atoms with Gasteiger partial charge in [-0.25, -0.2) is 4.39 Å². The lowest BCUT2D eigenvalue weighted by Gasteiger charge is -2.23. The minimum atomic E-state index is -0.812. The quantitative estimate of drug-likeness (QED) is 0.911. The number of nitrogens with one attached hydrogen (secondary N) is 1. The molecule has 0 aliphatic heterocycles. The SMILES string of the molecule is CC(Oc1cccc(F)c1C#N)C(=O)NC(C)(C)C. The molecule has 1 rings (SSSR count). The number of halogens is 1. The van der Waals surface area contributed by atoms with Gasteiger partial charge in [-0.15, -0.1) is 0 Å². The number of carbonyl (C=O) groups is 1. The van der Waals surface area contributed by atoms with Gasteiger partial charge in [-0.05, 0) is 39.8 Å². The summed E-state index contributed by atoms with van der Waals surface area (Å²) < 4.78 is 18.7. The van der Waals surface area contributed by atoms with Crippen LogP contribution in [0.2, 0.25) is 0 Å². The molecule has 0 aliphatic rings. The first kappa shape index (κ1) is 15.0. The minimum absolute atomic E-state index is 0.0686. The van der Waals surface area contributed by atoms with Crippen molar-refractivity contribution in [3.63, 3.8) is 0 Å². The summed E-state index contributed by atoms with van der Waals surface area (Å²) in [7, 11) is 0. The number of carbonyl (C=O) groups excluding carboxylic acids is 1. The summed E-state index contributed by atoms with van der Waals surface area (Å²) in [6, 6.07) is 5.79. The van der Waals surface area contributed by atoms with Crippen molar-refractivity contribution in [1.29, 1.82) is 5.26 Å². The molecule has 19 heavy (non-hydrogen) atoms. The predicted octanol–water partition coefficient (Wildman–Crippen LogP) is 2.38. The van der Waals surface area contributed by atoms with Crippen LogP contribution in [0, 0.1) is 17.1 Å². The van der Waals surface area contributed by atoms with Crippen molar-refractivity contribution in [3.8, 4) is 11.8 Å². The highest BCUT2D eigenvalue weighted by Gasteiger charge is 2.22. The third kappa shape index (κ3) is 4.25. The summed E-state index contributed by atoms with van der Waals surface area (Å²) in [5, 5.41) is 11.6. The van der Waals surface area contributed by atoms with Crippen LogP contribution in [0.15, 0.2) is 18.2 Å². The van der Waals surface area contributed by atoms with Gasteiger partial charge in [-0.2, -0.15) is 5.26 Å². The first-order chi connectivity index (χ1) is 8.74. The van der Waals surface area contributed by atoms with Gasteiger partial charge in [-0.1, -0.05) is 6.07 Å². The van der Waals surface area contributed by atoms with E-state index in [-0.39, 0.29) is 22.8 Å². The van der Waals surface area contributed by atoms with Crippen LogP contribution >= 0.6 is 0 Å². The fourth-order valence-electron chi connectivity index (χ4n) is 1.43. The van der Waals surface area contributed by atoms with Gasteiger partial charge >= 0.3 is 0 Å². The maximum Gasteiger partial charge on any atom is 0.261 e. The van der Waals surface area contributed by atoms with Crippen LogP contribution in [0.5, 0.6) is 5.75 Å². The second kappa shape index (κ2) is 5.70. The molecular formula is C14H17FN2O2. The minimum Gasteiger partial charge on any atom is -0.479 e. The van der Waals surface area contributed by atoms with E-state index in [0.717, 1.165) is 0 Å². The number of nitrogens with zero attached hydrogens (tertiary/aromatic N) is 1. The second-order valence-corrected chi connectivity index (χ2v) is 5.22.